The van der Waals surface area contributed by atoms with E-state index in [1.165, 1.54) is 25.7 Å². The van der Waals surface area contributed by atoms with Crippen LogP contribution < -0.4 is 5.32 Å². The first-order valence-electron chi connectivity index (χ1n) is 7.66. The minimum atomic E-state index is 0.658. The Morgan fingerprint density at radius 2 is 2.05 bits per heavy atom. The number of aryl methyl sites for hydroxylation is 1. The van der Waals surface area contributed by atoms with Gasteiger partial charge in [-0.3, -0.25) is 0 Å². The maximum absolute atomic E-state index is 4.44. The van der Waals surface area contributed by atoms with Crippen molar-refractivity contribution < 1.29 is 0 Å². The van der Waals surface area contributed by atoms with E-state index in [1.807, 2.05) is 24.9 Å². The predicted molar refractivity (Wildman–Crippen MR) is 79.7 cm³/mol. The molecule has 0 spiro atoms. The minimum absolute atomic E-state index is 0.658. The number of unbranched alkanes of at least 4 members (excludes halogenated alkanes) is 1. The number of nitrogens with zero attached hydrogens (tertiary/aromatic N) is 4. The molecule has 0 atom stereocenters. The zero-order chi connectivity index (χ0) is 13.6. The van der Waals surface area contributed by atoms with Gasteiger partial charge >= 0.3 is 0 Å². The summed E-state index contributed by atoms with van der Waals surface area (Å²) in [6.45, 7) is 2.02. The summed E-state index contributed by atoms with van der Waals surface area (Å²) in [7, 11) is 0. The first kappa shape index (κ1) is 13.2. The van der Waals surface area contributed by atoms with Crippen molar-refractivity contribution in [1.29, 1.82) is 0 Å². The zero-order valence-electron chi connectivity index (χ0n) is 11.9. The van der Waals surface area contributed by atoms with Crippen LogP contribution >= 0.6 is 0 Å². The molecule has 0 amide bonds. The summed E-state index contributed by atoms with van der Waals surface area (Å²) in [6.07, 6.45) is 17.4. The van der Waals surface area contributed by atoms with Crippen molar-refractivity contribution in [3.05, 3.63) is 31.1 Å². The first-order valence-corrected chi connectivity index (χ1v) is 7.66. The van der Waals surface area contributed by atoms with Gasteiger partial charge in [0.1, 0.15) is 0 Å². The standard InChI is InChI=1S/C15H23N5/c1-2-6-14(5-1)20-12-9-18-15(20)17-7-3-4-10-19-11-8-16-13-19/h8-9,11-14H,1-7,10H2,(H,17,18). The van der Waals surface area contributed by atoms with Crippen molar-refractivity contribution in [3.8, 4) is 0 Å². The highest BCUT2D eigenvalue weighted by Crippen LogP contribution is 2.31. The van der Waals surface area contributed by atoms with Crippen molar-refractivity contribution >= 4 is 5.95 Å². The highest BCUT2D eigenvalue weighted by atomic mass is 15.2. The fourth-order valence-electron chi connectivity index (χ4n) is 2.97. The van der Waals surface area contributed by atoms with Gasteiger partial charge in [0, 0.05) is 43.9 Å². The largest absolute Gasteiger partial charge is 0.356 e. The van der Waals surface area contributed by atoms with Crippen LogP contribution in [-0.2, 0) is 6.54 Å². The summed E-state index contributed by atoms with van der Waals surface area (Å²) >= 11 is 0. The summed E-state index contributed by atoms with van der Waals surface area (Å²) in [5, 5.41) is 3.48. The maximum Gasteiger partial charge on any atom is 0.203 e. The summed E-state index contributed by atoms with van der Waals surface area (Å²) in [6, 6.07) is 0.658. The van der Waals surface area contributed by atoms with Gasteiger partial charge in [-0.05, 0) is 25.7 Å². The van der Waals surface area contributed by atoms with E-state index in [9.17, 15) is 0 Å². The molecule has 1 aliphatic carbocycles. The molecule has 2 aromatic heterocycles. The lowest BCUT2D eigenvalue weighted by atomic mass is 10.2. The Balaban J connectivity index is 1.41. The van der Waals surface area contributed by atoms with Crippen molar-refractivity contribution in [1.82, 2.24) is 19.1 Å². The van der Waals surface area contributed by atoms with Crippen molar-refractivity contribution in [2.24, 2.45) is 0 Å². The van der Waals surface area contributed by atoms with Gasteiger partial charge in [-0.1, -0.05) is 12.8 Å². The van der Waals surface area contributed by atoms with Gasteiger partial charge in [-0.25, -0.2) is 9.97 Å². The molecule has 0 aliphatic heterocycles. The van der Waals surface area contributed by atoms with Gasteiger partial charge in [-0.15, -0.1) is 0 Å². The quantitative estimate of drug-likeness (QED) is 0.789. The molecule has 0 saturated heterocycles. The molecule has 0 radical (unpaired) electrons. The maximum atomic E-state index is 4.44. The Bertz CT molecular complexity index is 496. The van der Waals surface area contributed by atoms with E-state index in [0.717, 1.165) is 31.9 Å². The average Bonchev–Trinajstić information content (AvgIpc) is 3.20. The SMILES string of the molecule is c1cn(CCCCNc2nccn2C2CCCC2)cn1. The lowest BCUT2D eigenvalue weighted by Crippen LogP contribution is -2.12. The van der Waals surface area contributed by atoms with Gasteiger partial charge in [0.2, 0.25) is 5.95 Å². The van der Waals surface area contributed by atoms with Crippen molar-refractivity contribution in [2.75, 3.05) is 11.9 Å². The number of rotatable bonds is 7. The van der Waals surface area contributed by atoms with Crippen LogP contribution in [0, 0.1) is 0 Å². The molecule has 5 nitrogen and oxygen atoms in total. The van der Waals surface area contributed by atoms with E-state index in [-0.39, 0.29) is 0 Å². The fraction of sp³-hybridized carbons (Fsp3) is 0.600. The molecule has 2 aromatic rings. The third-order valence-electron chi connectivity index (χ3n) is 4.07. The molecule has 1 saturated carbocycles. The van der Waals surface area contributed by atoms with Gasteiger partial charge in [-0.2, -0.15) is 0 Å². The number of nitrogens with one attached hydrogen (secondary N) is 1. The van der Waals surface area contributed by atoms with E-state index in [1.54, 1.807) is 0 Å². The van der Waals surface area contributed by atoms with Gasteiger partial charge < -0.3 is 14.5 Å². The smallest absolute Gasteiger partial charge is 0.203 e. The second-order valence-electron chi connectivity index (χ2n) is 5.53. The van der Waals surface area contributed by atoms with Crippen LogP contribution in [-0.4, -0.2) is 25.6 Å². The molecule has 0 bridgehead atoms. The van der Waals surface area contributed by atoms with Gasteiger partial charge in [0.25, 0.3) is 0 Å². The fourth-order valence-corrected chi connectivity index (χ4v) is 2.97. The molecule has 2 heterocycles. The third kappa shape index (κ3) is 3.21. The highest BCUT2D eigenvalue weighted by molar-refractivity contribution is 5.26. The summed E-state index contributed by atoms with van der Waals surface area (Å²) in [4.78, 5) is 8.50. The molecule has 20 heavy (non-hydrogen) atoms. The van der Waals surface area contributed by atoms with E-state index >= 15 is 0 Å². The van der Waals surface area contributed by atoms with Crippen LogP contribution in [0.15, 0.2) is 31.1 Å². The Morgan fingerprint density at radius 1 is 1.15 bits per heavy atom. The van der Waals surface area contributed by atoms with E-state index in [0.29, 0.717) is 6.04 Å². The average molecular weight is 273 g/mol. The Kier molecular flexibility index (Phi) is 4.35. The number of hydrogen-bond acceptors (Lipinski definition) is 3. The second kappa shape index (κ2) is 6.59. The Morgan fingerprint density at radius 3 is 2.85 bits per heavy atom. The molecular formula is C15H23N5. The van der Waals surface area contributed by atoms with Crippen molar-refractivity contribution in [3.63, 3.8) is 0 Å². The van der Waals surface area contributed by atoms with Crippen LogP contribution in [0.1, 0.15) is 44.6 Å². The molecule has 1 aliphatic rings. The first-order chi connectivity index (χ1) is 9.93. The number of imidazole rings is 2. The van der Waals surface area contributed by atoms with Crippen LogP contribution in [0.5, 0.6) is 0 Å². The molecule has 3 rings (SSSR count). The van der Waals surface area contributed by atoms with Gasteiger partial charge in [0.05, 0.1) is 6.33 Å². The molecular weight excluding hydrogens is 250 g/mol. The van der Waals surface area contributed by atoms with Crippen LogP contribution in [0.2, 0.25) is 0 Å². The predicted octanol–water partition coefficient (Wildman–Crippen LogP) is 3.09. The van der Waals surface area contributed by atoms with Crippen LogP contribution in [0.25, 0.3) is 0 Å². The molecule has 1 N–H and O–H groups in total. The Labute approximate surface area is 120 Å². The van der Waals surface area contributed by atoms with Crippen molar-refractivity contribution in [2.45, 2.75) is 51.1 Å². The molecule has 108 valence electrons. The van der Waals surface area contributed by atoms with Crippen LogP contribution in [0.4, 0.5) is 5.95 Å². The molecule has 0 unspecified atom stereocenters. The number of hydrogen-bond donors (Lipinski definition) is 1. The topological polar surface area (TPSA) is 47.7 Å². The summed E-state index contributed by atoms with van der Waals surface area (Å²) in [5.74, 6) is 1.04. The third-order valence-corrected chi connectivity index (χ3v) is 4.07. The second-order valence-corrected chi connectivity index (χ2v) is 5.53. The zero-order valence-corrected chi connectivity index (χ0v) is 11.9. The Hall–Kier alpha value is -1.78. The van der Waals surface area contributed by atoms with Gasteiger partial charge in [0.15, 0.2) is 0 Å². The van der Waals surface area contributed by atoms with E-state index in [2.05, 4.69) is 30.6 Å². The normalized spacial score (nSPS) is 15.8. The number of aromatic nitrogens is 4. The molecule has 5 heteroatoms. The minimum Gasteiger partial charge on any atom is -0.356 e. The lowest BCUT2D eigenvalue weighted by Gasteiger charge is -2.15. The molecule has 1 fully saturated rings. The summed E-state index contributed by atoms with van der Waals surface area (Å²) in [5.41, 5.74) is 0. The van der Waals surface area contributed by atoms with E-state index < -0.39 is 0 Å². The van der Waals surface area contributed by atoms with Crippen LogP contribution in [0.3, 0.4) is 0 Å². The monoisotopic (exact) mass is 273 g/mol. The highest BCUT2D eigenvalue weighted by Gasteiger charge is 2.18. The van der Waals surface area contributed by atoms with E-state index in [4.69, 9.17) is 0 Å². The lowest BCUT2D eigenvalue weighted by molar-refractivity contribution is 0.522. The number of anilines is 1. The molecule has 0 aromatic carbocycles. The summed E-state index contributed by atoms with van der Waals surface area (Å²) < 4.78 is 4.45.